The SMILES string of the molecule is Cc1ccccc1NC(=O)CN1CCC(CN)CC1.Cl. The highest BCUT2D eigenvalue weighted by atomic mass is 35.5. The Morgan fingerprint density at radius 2 is 2.00 bits per heavy atom. The molecule has 1 fully saturated rings. The molecule has 0 saturated carbocycles. The summed E-state index contributed by atoms with van der Waals surface area (Å²) in [4.78, 5) is 14.2. The number of benzene rings is 1. The number of nitrogens with zero attached hydrogens (tertiary/aromatic N) is 1. The van der Waals surface area contributed by atoms with Crippen LogP contribution in [0.25, 0.3) is 0 Å². The van der Waals surface area contributed by atoms with E-state index in [1.54, 1.807) is 0 Å². The fourth-order valence-electron chi connectivity index (χ4n) is 2.49. The van der Waals surface area contributed by atoms with Gasteiger partial charge in [0, 0.05) is 5.69 Å². The van der Waals surface area contributed by atoms with Crippen molar-refractivity contribution in [3.8, 4) is 0 Å². The third kappa shape index (κ3) is 4.78. The van der Waals surface area contributed by atoms with Crippen molar-refractivity contribution in [2.45, 2.75) is 19.8 Å². The molecule has 1 amide bonds. The van der Waals surface area contributed by atoms with Crippen LogP contribution in [0.3, 0.4) is 0 Å². The van der Waals surface area contributed by atoms with Gasteiger partial charge in [0.15, 0.2) is 0 Å². The highest BCUT2D eigenvalue weighted by Gasteiger charge is 2.19. The first-order chi connectivity index (χ1) is 9.19. The van der Waals surface area contributed by atoms with Crippen molar-refractivity contribution in [2.24, 2.45) is 11.7 Å². The Bertz CT molecular complexity index is 431. The molecule has 0 aliphatic carbocycles. The van der Waals surface area contributed by atoms with Crippen LogP contribution in [-0.4, -0.2) is 37.0 Å². The zero-order valence-corrected chi connectivity index (χ0v) is 12.8. The third-order valence-electron chi connectivity index (χ3n) is 3.83. The van der Waals surface area contributed by atoms with Gasteiger partial charge < -0.3 is 11.1 Å². The van der Waals surface area contributed by atoms with Gasteiger partial charge in [-0.2, -0.15) is 0 Å². The molecular weight excluding hydrogens is 274 g/mol. The van der Waals surface area contributed by atoms with Crippen molar-refractivity contribution in [3.63, 3.8) is 0 Å². The molecule has 1 heterocycles. The lowest BCUT2D eigenvalue weighted by Crippen LogP contribution is -2.40. The molecule has 1 aromatic rings. The molecule has 1 aliphatic heterocycles. The summed E-state index contributed by atoms with van der Waals surface area (Å²) in [6, 6.07) is 7.86. The van der Waals surface area contributed by atoms with E-state index >= 15 is 0 Å². The maximum atomic E-state index is 12.0. The largest absolute Gasteiger partial charge is 0.330 e. The van der Waals surface area contributed by atoms with Gasteiger partial charge in [0.2, 0.25) is 5.91 Å². The smallest absolute Gasteiger partial charge is 0.238 e. The number of carbonyl (C=O) groups is 1. The molecule has 112 valence electrons. The van der Waals surface area contributed by atoms with Gasteiger partial charge in [-0.3, -0.25) is 9.69 Å². The van der Waals surface area contributed by atoms with E-state index in [1.165, 1.54) is 0 Å². The van der Waals surface area contributed by atoms with Gasteiger partial charge in [0.05, 0.1) is 6.54 Å². The minimum absolute atomic E-state index is 0. The lowest BCUT2D eigenvalue weighted by molar-refractivity contribution is -0.117. The first-order valence-corrected chi connectivity index (χ1v) is 6.97. The number of anilines is 1. The predicted octanol–water partition coefficient (Wildman–Crippen LogP) is 2.03. The van der Waals surface area contributed by atoms with Crippen LogP contribution in [0.4, 0.5) is 5.69 Å². The number of rotatable bonds is 4. The topological polar surface area (TPSA) is 58.4 Å². The maximum Gasteiger partial charge on any atom is 0.238 e. The van der Waals surface area contributed by atoms with Crippen LogP contribution < -0.4 is 11.1 Å². The molecule has 3 N–H and O–H groups in total. The second-order valence-corrected chi connectivity index (χ2v) is 5.32. The van der Waals surface area contributed by atoms with Crippen molar-refractivity contribution in [2.75, 3.05) is 31.5 Å². The van der Waals surface area contributed by atoms with Gasteiger partial charge in [0.1, 0.15) is 0 Å². The standard InChI is InChI=1S/C15H23N3O.ClH/c1-12-4-2-3-5-14(12)17-15(19)11-18-8-6-13(10-16)7-9-18;/h2-5,13H,6-11,16H2,1H3,(H,17,19);1H. The number of nitrogens with one attached hydrogen (secondary N) is 1. The molecule has 1 aromatic carbocycles. The Morgan fingerprint density at radius 3 is 2.60 bits per heavy atom. The van der Waals surface area contributed by atoms with Crippen molar-refractivity contribution in [1.29, 1.82) is 0 Å². The molecule has 1 aliphatic rings. The quantitative estimate of drug-likeness (QED) is 0.894. The van der Waals surface area contributed by atoms with E-state index in [1.807, 2.05) is 31.2 Å². The minimum atomic E-state index is 0. The van der Waals surface area contributed by atoms with Crippen molar-refractivity contribution in [3.05, 3.63) is 29.8 Å². The highest BCUT2D eigenvalue weighted by molar-refractivity contribution is 5.92. The number of carbonyl (C=O) groups excluding carboxylic acids is 1. The minimum Gasteiger partial charge on any atom is -0.330 e. The lowest BCUT2D eigenvalue weighted by Gasteiger charge is -2.30. The number of piperidine rings is 1. The van der Waals surface area contributed by atoms with Crippen molar-refractivity contribution in [1.82, 2.24) is 4.90 Å². The number of hydrogen-bond acceptors (Lipinski definition) is 3. The number of likely N-dealkylation sites (tertiary alicyclic amines) is 1. The van der Waals surface area contributed by atoms with E-state index in [2.05, 4.69) is 10.2 Å². The Labute approximate surface area is 127 Å². The third-order valence-corrected chi connectivity index (χ3v) is 3.83. The fraction of sp³-hybridized carbons (Fsp3) is 0.533. The van der Waals surface area contributed by atoms with Crippen LogP contribution in [0, 0.1) is 12.8 Å². The van der Waals surface area contributed by atoms with E-state index in [4.69, 9.17) is 5.73 Å². The van der Waals surface area contributed by atoms with Gasteiger partial charge in [-0.25, -0.2) is 0 Å². The summed E-state index contributed by atoms with van der Waals surface area (Å²) < 4.78 is 0. The first kappa shape index (κ1) is 17.0. The zero-order chi connectivity index (χ0) is 13.7. The second-order valence-electron chi connectivity index (χ2n) is 5.32. The summed E-state index contributed by atoms with van der Waals surface area (Å²) in [6.07, 6.45) is 2.21. The highest BCUT2D eigenvalue weighted by Crippen LogP contribution is 2.16. The number of hydrogen-bond donors (Lipinski definition) is 2. The van der Waals surface area contributed by atoms with Gasteiger partial charge >= 0.3 is 0 Å². The summed E-state index contributed by atoms with van der Waals surface area (Å²) in [5.74, 6) is 0.705. The van der Waals surface area contributed by atoms with Gasteiger partial charge in [-0.15, -0.1) is 12.4 Å². The Kier molecular flexibility index (Phi) is 6.99. The average molecular weight is 298 g/mol. The zero-order valence-electron chi connectivity index (χ0n) is 12.0. The molecule has 0 unspecified atom stereocenters. The normalized spacial score (nSPS) is 16.5. The summed E-state index contributed by atoms with van der Waals surface area (Å²) in [6.45, 7) is 5.20. The summed E-state index contributed by atoms with van der Waals surface area (Å²) in [5.41, 5.74) is 7.67. The molecule has 1 saturated heterocycles. The number of nitrogens with two attached hydrogens (primary N) is 1. The van der Waals surface area contributed by atoms with Crippen LogP contribution in [0.5, 0.6) is 0 Å². The maximum absolute atomic E-state index is 12.0. The Morgan fingerprint density at radius 1 is 1.35 bits per heavy atom. The van der Waals surface area contributed by atoms with E-state index in [0.717, 1.165) is 43.7 Å². The monoisotopic (exact) mass is 297 g/mol. The average Bonchev–Trinajstić information content (AvgIpc) is 2.42. The van der Waals surface area contributed by atoms with E-state index < -0.39 is 0 Å². The Hall–Kier alpha value is -1.10. The Balaban J connectivity index is 0.00000200. The summed E-state index contributed by atoms with van der Waals surface area (Å²) in [7, 11) is 0. The number of aryl methyl sites for hydroxylation is 1. The molecule has 0 spiro atoms. The molecule has 0 bridgehead atoms. The fourth-order valence-corrected chi connectivity index (χ4v) is 2.49. The van der Waals surface area contributed by atoms with E-state index in [9.17, 15) is 4.79 Å². The van der Waals surface area contributed by atoms with Crippen LogP contribution in [0.2, 0.25) is 0 Å². The van der Waals surface area contributed by atoms with Gasteiger partial charge in [0.25, 0.3) is 0 Å². The number of halogens is 1. The van der Waals surface area contributed by atoms with Crippen LogP contribution in [0.15, 0.2) is 24.3 Å². The summed E-state index contributed by atoms with van der Waals surface area (Å²) in [5, 5.41) is 2.98. The van der Waals surface area contributed by atoms with Gasteiger partial charge in [-0.05, 0) is 56.9 Å². The molecule has 0 aromatic heterocycles. The molecule has 20 heavy (non-hydrogen) atoms. The first-order valence-electron chi connectivity index (χ1n) is 6.97. The predicted molar refractivity (Wildman–Crippen MR) is 85.3 cm³/mol. The molecular formula is C15H24ClN3O. The second kappa shape index (κ2) is 8.25. The number of amides is 1. The van der Waals surface area contributed by atoms with E-state index in [-0.39, 0.29) is 18.3 Å². The summed E-state index contributed by atoms with van der Waals surface area (Å²) >= 11 is 0. The lowest BCUT2D eigenvalue weighted by atomic mass is 9.97. The van der Waals surface area contributed by atoms with E-state index in [0.29, 0.717) is 12.5 Å². The molecule has 4 nitrogen and oxygen atoms in total. The molecule has 5 heteroatoms. The van der Waals surface area contributed by atoms with Crippen LogP contribution in [-0.2, 0) is 4.79 Å². The van der Waals surface area contributed by atoms with Gasteiger partial charge in [-0.1, -0.05) is 18.2 Å². The van der Waals surface area contributed by atoms with Crippen molar-refractivity contribution >= 4 is 24.0 Å². The number of para-hydroxylation sites is 1. The molecule has 2 rings (SSSR count). The molecule has 0 radical (unpaired) electrons. The van der Waals surface area contributed by atoms with Crippen LogP contribution >= 0.6 is 12.4 Å². The van der Waals surface area contributed by atoms with Crippen molar-refractivity contribution < 1.29 is 4.79 Å². The van der Waals surface area contributed by atoms with Crippen LogP contribution in [0.1, 0.15) is 18.4 Å². The molecule has 0 atom stereocenters.